The molecule has 0 aliphatic carbocycles. The van der Waals surface area contributed by atoms with Crippen molar-refractivity contribution in [2.24, 2.45) is 35.5 Å². The third-order valence-corrected chi connectivity index (χ3v) is 15.9. The maximum absolute atomic E-state index is 14.5. The highest BCUT2D eigenvalue weighted by molar-refractivity contribution is 5.94. The molecule has 418 valence electrons. The van der Waals surface area contributed by atoms with Crippen LogP contribution >= 0.6 is 0 Å². The molecule has 1 spiro atoms. The van der Waals surface area contributed by atoms with Gasteiger partial charge in [-0.2, -0.15) is 0 Å². The fourth-order valence-corrected chi connectivity index (χ4v) is 10.7. The lowest BCUT2D eigenvalue weighted by Crippen LogP contribution is -2.64. The number of benzene rings is 1. The first-order chi connectivity index (χ1) is 36.1. The van der Waals surface area contributed by atoms with Gasteiger partial charge in [0.2, 0.25) is 17.7 Å². The molecule has 16 nitrogen and oxygen atoms in total. The lowest BCUT2D eigenvalue weighted by Gasteiger charge is -2.51. The van der Waals surface area contributed by atoms with Crippen molar-refractivity contribution in [2.45, 2.75) is 187 Å². The van der Waals surface area contributed by atoms with E-state index < -0.39 is 83.8 Å². The second-order valence-corrected chi connectivity index (χ2v) is 22.0. The molecule has 4 heterocycles. The first-order valence-corrected chi connectivity index (χ1v) is 27.5. The first-order valence-electron chi connectivity index (χ1n) is 27.5. The van der Waals surface area contributed by atoms with E-state index >= 15 is 0 Å². The Labute approximate surface area is 450 Å². The number of rotatable bonds is 15. The van der Waals surface area contributed by atoms with Gasteiger partial charge in [-0.3, -0.25) is 29.0 Å². The largest absolute Gasteiger partial charge is 0.456 e. The summed E-state index contributed by atoms with van der Waals surface area (Å²) in [5.74, 6) is -4.75. The predicted octanol–water partition coefficient (Wildman–Crippen LogP) is 6.57. The number of ether oxygens (including phenoxy) is 2. The molecule has 0 saturated carbocycles. The third-order valence-electron chi connectivity index (χ3n) is 15.9. The summed E-state index contributed by atoms with van der Waals surface area (Å²) in [7, 11) is 0. The zero-order chi connectivity index (χ0) is 55.9. The Morgan fingerprint density at radius 2 is 1.72 bits per heavy atom. The van der Waals surface area contributed by atoms with Crippen molar-refractivity contribution >= 4 is 35.4 Å². The van der Waals surface area contributed by atoms with Crippen LogP contribution in [-0.2, 0) is 44.7 Å². The zero-order valence-electron chi connectivity index (χ0n) is 46.3. The maximum Gasteiger partial charge on any atom is 0.325 e. The third kappa shape index (κ3) is 16.5. The van der Waals surface area contributed by atoms with Crippen LogP contribution in [0.2, 0.25) is 0 Å². The number of esters is 1. The number of nitrogens with one attached hydrogen (secondary N) is 4. The van der Waals surface area contributed by atoms with Crippen LogP contribution in [0, 0.1) is 35.5 Å². The van der Waals surface area contributed by atoms with Crippen LogP contribution in [0.4, 0.5) is 0 Å². The predicted molar refractivity (Wildman–Crippen MR) is 292 cm³/mol. The molecule has 15 atom stereocenters. The molecular formula is C60H87N5O11. The molecule has 7 N–H and O–H groups in total. The molecule has 76 heavy (non-hydrogen) atoms. The second-order valence-electron chi connectivity index (χ2n) is 22.0. The molecule has 2 saturated heterocycles. The summed E-state index contributed by atoms with van der Waals surface area (Å²) in [6.07, 6.45) is 14.6. The van der Waals surface area contributed by atoms with Crippen LogP contribution in [0.1, 0.15) is 132 Å². The number of allylic oxidation sites excluding steroid dienone is 5. The van der Waals surface area contributed by atoms with E-state index in [9.17, 15) is 44.1 Å². The number of cyclic esters (lactones) is 1. The fraction of sp³-hybridized carbons (Fsp3) is 0.600. The molecule has 4 aliphatic heterocycles. The Morgan fingerprint density at radius 1 is 1.00 bits per heavy atom. The number of aliphatic hydroxyl groups excluding tert-OH is 3. The number of carbonyl (C=O) groups is 6. The van der Waals surface area contributed by atoms with Crippen LogP contribution in [0.25, 0.3) is 0 Å². The Bertz CT molecular complexity index is 2350. The molecule has 2 bridgehead atoms. The van der Waals surface area contributed by atoms with Gasteiger partial charge < -0.3 is 45.5 Å². The zero-order valence-corrected chi connectivity index (χ0v) is 46.3. The highest BCUT2D eigenvalue weighted by Gasteiger charge is 2.51. The van der Waals surface area contributed by atoms with E-state index in [1.165, 1.54) is 18.0 Å². The van der Waals surface area contributed by atoms with Gasteiger partial charge in [0.15, 0.2) is 5.72 Å². The molecule has 1 aromatic rings. The maximum atomic E-state index is 14.5. The van der Waals surface area contributed by atoms with E-state index in [0.29, 0.717) is 32.1 Å². The molecule has 1 aromatic carbocycles. The molecular weight excluding hydrogens is 967 g/mol. The molecule has 4 aliphatic rings. The summed E-state index contributed by atoms with van der Waals surface area (Å²) in [6.45, 7) is 20.8. The normalized spacial score (nSPS) is 32.5. The van der Waals surface area contributed by atoms with Gasteiger partial charge in [-0.15, -0.1) is 0 Å². The monoisotopic (exact) mass is 1050 g/mol. The molecule has 4 amide bonds. The van der Waals surface area contributed by atoms with Crippen LogP contribution in [0.5, 0.6) is 0 Å². The van der Waals surface area contributed by atoms with Crippen molar-refractivity contribution in [3.8, 4) is 0 Å². The minimum atomic E-state index is -1.43. The van der Waals surface area contributed by atoms with Crippen LogP contribution in [0.15, 0.2) is 102 Å². The Hall–Kier alpha value is -5.52. The number of hydrogen-bond donors (Lipinski definition) is 7. The van der Waals surface area contributed by atoms with E-state index in [-0.39, 0.29) is 79.3 Å². The van der Waals surface area contributed by atoms with Crippen molar-refractivity contribution in [3.05, 3.63) is 108 Å². The summed E-state index contributed by atoms with van der Waals surface area (Å²) in [6, 6.07) is 5.74. The summed E-state index contributed by atoms with van der Waals surface area (Å²) >= 11 is 0. The van der Waals surface area contributed by atoms with E-state index in [1.54, 1.807) is 32.1 Å². The van der Waals surface area contributed by atoms with Crippen molar-refractivity contribution in [3.63, 3.8) is 0 Å². The van der Waals surface area contributed by atoms with Gasteiger partial charge in [-0.05, 0) is 101 Å². The molecule has 0 radical (unpaired) electrons. The average Bonchev–Trinajstić information content (AvgIpc) is 3.39. The van der Waals surface area contributed by atoms with Gasteiger partial charge in [0.25, 0.3) is 5.91 Å². The van der Waals surface area contributed by atoms with E-state index in [4.69, 9.17) is 9.47 Å². The summed E-state index contributed by atoms with van der Waals surface area (Å²) in [4.78, 5) is 81.9. The van der Waals surface area contributed by atoms with Gasteiger partial charge >= 0.3 is 5.97 Å². The first kappa shape index (κ1) is 61.3. The number of nitrogens with zero attached hydrogens (tertiary/aromatic N) is 1. The number of hydrogen-bond acceptors (Lipinski definition) is 12. The standard InChI is InChI=1S/C60H87N5O11/c1-11-45-33-41(8)60(63-55(45)70)40(7)32-39(6)52(76-60)35-50(68)37(4)22-15-12-16-23-38(5)51-28-20-14-19-27-49(67)43(10)54(69)46(30-29-42(9)66)56(71)62-53(36(2)3)57(72)61-48(34-44-24-17-13-18-25-44)58(73)65-31-21-26-47(64-65)59(74)75-51/h12-14,16-20,23-25,27,32,37,39,41,43,45-54,64,67-69H,2,11,15,21-22,26,28-31,33-35H2,1,3-10H3,(H,61,72)(H,62,71)(H,63,70). The van der Waals surface area contributed by atoms with E-state index in [0.717, 1.165) is 29.6 Å². The number of carbonyl (C=O) groups excluding carboxylic acids is 6. The summed E-state index contributed by atoms with van der Waals surface area (Å²) < 4.78 is 13.0. The van der Waals surface area contributed by atoms with Crippen LogP contribution in [-0.4, -0.2) is 117 Å². The van der Waals surface area contributed by atoms with Gasteiger partial charge in [-0.25, -0.2) is 5.43 Å². The quantitative estimate of drug-likeness (QED) is 0.0562. The van der Waals surface area contributed by atoms with Crippen LogP contribution < -0.4 is 21.4 Å². The molecule has 2 fully saturated rings. The molecule has 16 heteroatoms. The number of fused-ring (bicyclic) bond motifs is 2. The lowest BCUT2D eigenvalue weighted by atomic mass is 9.75. The minimum Gasteiger partial charge on any atom is -0.456 e. The molecule has 15 unspecified atom stereocenters. The number of hydrazine groups is 1. The van der Waals surface area contributed by atoms with Crippen molar-refractivity contribution in [1.29, 1.82) is 0 Å². The average molecular weight is 1050 g/mol. The van der Waals surface area contributed by atoms with Crippen molar-refractivity contribution < 1.29 is 53.6 Å². The Kier molecular flexibility index (Phi) is 23.2. The SMILES string of the molecule is C=C(C)C1NC(=O)C(CCC(C)=O)C(O)C(C)C(O)C=CC=CCC(C(C)=CC=CCCC(C)C(O)CC2OC3(NC(=O)C(CC)CC3C)C(C)=CC2C)OC(=O)C2CCCN(N2)C(=O)C(Cc2ccccc2)NC1=O. The lowest BCUT2D eigenvalue weighted by molar-refractivity contribution is -0.179. The molecule has 0 aromatic heterocycles. The van der Waals surface area contributed by atoms with E-state index in [1.807, 2.05) is 76.3 Å². The highest BCUT2D eigenvalue weighted by atomic mass is 16.5. The Morgan fingerprint density at radius 3 is 2.41 bits per heavy atom. The second kappa shape index (κ2) is 28.7. The van der Waals surface area contributed by atoms with Crippen molar-refractivity contribution in [1.82, 2.24) is 26.4 Å². The molecule has 5 rings (SSSR count). The number of amides is 4. The number of piperidine rings is 1. The van der Waals surface area contributed by atoms with Crippen LogP contribution in [0.3, 0.4) is 0 Å². The topological polar surface area (TPSA) is 233 Å². The Balaban J connectivity index is 1.34. The minimum absolute atomic E-state index is 0.0119. The van der Waals surface area contributed by atoms with Gasteiger partial charge in [0, 0.05) is 55.9 Å². The van der Waals surface area contributed by atoms with Gasteiger partial charge in [0.05, 0.1) is 30.3 Å². The van der Waals surface area contributed by atoms with Gasteiger partial charge in [0.1, 0.15) is 30.0 Å². The smallest absolute Gasteiger partial charge is 0.325 e. The van der Waals surface area contributed by atoms with Gasteiger partial charge in [-0.1, -0.05) is 120 Å². The number of aliphatic hydroxyl groups is 3. The van der Waals surface area contributed by atoms with Crippen molar-refractivity contribution in [2.75, 3.05) is 6.54 Å². The van der Waals surface area contributed by atoms with E-state index in [2.05, 4.69) is 47.9 Å². The fourth-order valence-electron chi connectivity index (χ4n) is 10.7. The number of Topliss-reactive ketones (excluding diaryl/α,β-unsaturated/α-hetero) is 1. The number of ketones is 1. The highest BCUT2D eigenvalue weighted by Crippen LogP contribution is 2.43. The summed E-state index contributed by atoms with van der Waals surface area (Å²) in [5.41, 5.74) is 4.95. The summed E-state index contributed by atoms with van der Waals surface area (Å²) in [5, 5.41) is 44.3.